The van der Waals surface area contributed by atoms with Crippen molar-refractivity contribution in [2.24, 2.45) is 15.8 Å². The number of hydrogen-bond acceptors (Lipinski definition) is 7. The Bertz CT molecular complexity index is 910. The lowest BCUT2D eigenvalue weighted by Gasteiger charge is -2.39. The molecule has 3 heterocycles. The van der Waals surface area contributed by atoms with E-state index in [1.54, 1.807) is 12.1 Å². The summed E-state index contributed by atoms with van der Waals surface area (Å²) in [5, 5.41) is 10.5. The van der Waals surface area contributed by atoms with Crippen LogP contribution in [0, 0.1) is 0 Å². The molecule has 140 valence electrons. The number of rotatable bonds is 5. The summed E-state index contributed by atoms with van der Waals surface area (Å²) in [5.74, 6) is 0.955. The highest BCUT2D eigenvalue weighted by Crippen LogP contribution is 2.39. The van der Waals surface area contributed by atoms with Crippen molar-refractivity contribution in [3.8, 4) is 5.75 Å². The number of fused-ring (bicyclic) bond motifs is 1. The lowest BCUT2D eigenvalue weighted by molar-refractivity contribution is 0.117. The summed E-state index contributed by atoms with van der Waals surface area (Å²) in [6, 6.07) is 8.09. The van der Waals surface area contributed by atoms with Crippen LogP contribution in [0.1, 0.15) is 18.5 Å². The first-order chi connectivity index (χ1) is 13.1. The van der Waals surface area contributed by atoms with E-state index in [0.29, 0.717) is 23.2 Å². The normalized spacial score (nSPS) is 18.1. The van der Waals surface area contributed by atoms with Crippen molar-refractivity contribution in [3.63, 3.8) is 0 Å². The molecule has 0 amide bonds. The molecule has 1 aromatic heterocycles. The number of hydrazone groups is 1. The van der Waals surface area contributed by atoms with Crippen LogP contribution in [0.4, 0.5) is 5.69 Å². The molecule has 1 saturated heterocycles. The predicted octanol–water partition coefficient (Wildman–Crippen LogP) is 2.06. The Labute approximate surface area is 158 Å². The molecule has 27 heavy (non-hydrogen) atoms. The summed E-state index contributed by atoms with van der Waals surface area (Å²) in [6.07, 6.45) is 3.82. The fourth-order valence-corrected chi connectivity index (χ4v) is 3.42. The second kappa shape index (κ2) is 6.88. The first-order valence-electron chi connectivity index (χ1n) is 8.83. The summed E-state index contributed by atoms with van der Waals surface area (Å²) in [4.78, 5) is 6.78. The Morgan fingerprint density at radius 2 is 2.19 bits per heavy atom. The van der Waals surface area contributed by atoms with Crippen LogP contribution in [-0.4, -0.2) is 58.1 Å². The lowest BCUT2D eigenvalue weighted by atomic mass is 10.1. The van der Waals surface area contributed by atoms with Crippen LogP contribution in [0.2, 0.25) is 0 Å². The van der Waals surface area contributed by atoms with Crippen molar-refractivity contribution in [3.05, 3.63) is 48.8 Å². The van der Waals surface area contributed by atoms with Gasteiger partial charge in [-0.2, -0.15) is 10.2 Å². The molecule has 1 aromatic carbocycles. The molecule has 0 unspecified atom stereocenters. The molecule has 8 nitrogen and oxygen atoms in total. The Morgan fingerprint density at radius 1 is 1.37 bits per heavy atom. The standard InChI is InChI=1S/C19H23N7O/c1-13(10-24-11-15(12-24)25-9-5-8-21-25)23-26-14(2)16-6-4-7-17(27-3)18(16)22-19(26)20/h4-9,15H,2,10-12H2,1,3H3,(H2,20,22)/b23-13+. The fraction of sp³-hybridized carbons (Fsp3) is 0.316. The predicted molar refractivity (Wildman–Crippen MR) is 106 cm³/mol. The van der Waals surface area contributed by atoms with Crippen molar-refractivity contribution in [1.29, 1.82) is 0 Å². The molecule has 0 bridgehead atoms. The van der Waals surface area contributed by atoms with Gasteiger partial charge in [-0.1, -0.05) is 18.7 Å². The van der Waals surface area contributed by atoms with Gasteiger partial charge in [-0.25, -0.2) is 10.0 Å². The quantitative estimate of drug-likeness (QED) is 0.820. The topological polar surface area (TPSA) is 84.3 Å². The average Bonchev–Trinajstić information content (AvgIpc) is 3.15. The Kier molecular flexibility index (Phi) is 4.41. The number of likely N-dealkylation sites (tertiary alicyclic amines) is 1. The van der Waals surface area contributed by atoms with Crippen molar-refractivity contribution in [1.82, 2.24) is 19.7 Å². The molecule has 1 fully saturated rings. The molecule has 0 radical (unpaired) electrons. The summed E-state index contributed by atoms with van der Waals surface area (Å²) >= 11 is 0. The molecule has 0 saturated carbocycles. The molecule has 0 aliphatic carbocycles. The number of benzene rings is 1. The van der Waals surface area contributed by atoms with Gasteiger partial charge in [0.05, 0.1) is 18.8 Å². The third kappa shape index (κ3) is 3.19. The molecular weight excluding hydrogens is 342 g/mol. The van der Waals surface area contributed by atoms with Gasteiger partial charge in [0.25, 0.3) is 0 Å². The molecular formula is C19H23N7O. The van der Waals surface area contributed by atoms with Gasteiger partial charge < -0.3 is 10.5 Å². The van der Waals surface area contributed by atoms with E-state index in [1.165, 1.54) is 0 Å². The van der Waals surface area contributed by atoms with Gasteiger partial charge in [0.2, 0.25) is 5.96 Å². The zero-order valence-electron chi connectivity index (χ0n) is 15.5. The smallest absolute Gasteiger partial charge is 0.222 e. The van der Waals surface area contributed by atoms with Crippen LogP contribution >= 0.6 is 0 Å². The molecule has 2 aliphatic rings. The minimum atomic E-state index is 0.286. The average molecular weight is 365 g/mol. The maximum atomic E-state index is 6.15. The third-order valence-corrected chi connectivity index (χ3v) is 4.79. The highest BCUT2D eigenvalue weighted by atomic mass is 16.5. The highest BCUT2D eigenvalue weighted by molar-refractivity contribution is 5.98. The Morgan fingerprint density at radius 3 is 2.89 bits per heavy atom. The number of aromatic nitrogens is 2. The Hall–Kier alpha value is -3.13. The summed E-state index contributed by atoms with van der Waals surface area (Å²) in [5.41, 5.74) is 9.33. The molecule has 0 spiro atoms. The maximum Gasteiger partial charge on any atom is 0.222 e. The van der Waals surface area contributed by atoms with Gasteiger partial charge in [-0.15, -0.1) is 0 Å². The van der Waals surface area contributed by atoms with Crippen LogP contribution in [0.5, 0.6) is 5.75 Å². The van der Waals surface area contributed by atoms with Gasteiger partial charge in [-0.05, 0) is 19.1 Å². The molecule has 2 aromatic rings. The van der Waals surface area contributed by atoms with Gasteiger partial charge >= 0.3 is 0 Å². The van der Waals surface area contributed by atoms with Crippen molar-refractivity contribution < 1.29 is 4.74 Å². The van der Waals surface area contributed by atoms with Crippen molar-refractivity contribution in [2.75, 3.05) is 26.7 Å². The van der Waals surface area contributed by atoms with E-state index in [4.69, 9.17) is 10.5 Å². The maximum absolute atomic E-state index is 6.15. The van der Waals surface area contributed by atoms with Crippen LogP contribution in [0.15, 0.2) is 53.3 Å². The zero-order valence-corrected chi connectivity index (χ0v) is 15.5. The van der Waals surface area contributed by atoms with Crippen molar-refractivity contribution in [2.45, 2.75) is 13.0 Å². The van der Waals surface area contributed by atoms with E-state index in [1.807, 2.05) is 48.3 Å². The van der Waals surface area contributed by atoms with E-state index in [0.717, 1.165) is 30.9 Å². The van der Waals surface area contributed by atoms with Crippen LogP contribution in [0.3, 0.4) is 0 Å². The molecule has 2 N–H and O–H groups in total. The molecule has 4 rings (SSSR count). The van der Waals surface area contributed by atoms with Crippen LogP contribution in [-0.2, 0) is 0 Å². The second-order valence-corrected chi connectivity index (χ2v) is 6.75. The van der Waals surface area contributed by atoms with Gasteiger partial charge in [0.1, 0.15) is 11.4 Å². The van der Waals surface area contributed by atoms with Gasteiger partial charge in [0.15, 0.2) is 0 Å². The minimum absolute atomic E-state index is 0.286. The number of aliphatic imine (C=N–C) groups is 1. The molecule has 8 heteroatoms. The molecule has 2 aliphatic heterocycles. The zero-order chi connectivity index (χ0) is 19.0. The number of guanidine groups is 1. The fourth-order valence-electron chi connectivity index (χ4n) is 3.42. The third-order valence-electron chi connectivity index (χ3n) is 4.79. The minimum Gasteiger partial charge on any atom is -0.494 e. The number of para-hydroxylation sites is 1. The van der Waals surface area contributed by atoms with E-state index in [9.17, 15) is 0 Å². The van der Waals surface area contributed by atoms with E-state index in [2.05, 4.69) is 26.7 Å². The summed E-state index contributed by atoms with van der Waals surface area (Å²) < 4.78 is 7.37. The van der Waals surface area contributed by atoms with Crippen molar-refractivity contribution >= 4 is 23.1 Å². The summed E-state index contributed by atoms with van der Waals surface area (Å²) in [6.45, 7) is 8.82. The second-order valence-electron chi connectivity index (χ2n) is 6.75. The molecule has 0 atom stereocenters. The highest BCUT2D eigenvalue weighted by Gasteiger charge is 2.29. The Balaban J connectivity index is 1.45. The number of ether oxygens (including phenoxy) is 1. The van der Waals surface area contributed by atoms with E-state index >= 15 is 0 Å². The number of hydrogen-bond donors (Lipinski definition) is 1. The van der Waals surface area contributed by atoms with Gasteiger partial charge in [-0.3, -0.25) is 9.58 Å². The van der Waals surface area contributed by atoms with E-state index in [-0.39, 0.29) is 5.96 Å². The lowest BCUT2D eigenvalue weighted by Crippen LogP contribution is -2.49. The van der Waals surface area contributed by atoms with Crippen LogP contribution < -0.4 is 10.5 Å². The first-order valence-corrected chi connectivity index (χ1v) is 8.83. The number of nitrogens with two attached hydrogens (primary N) is 1. The monoisotopic (exact) mass is 365 g/mol. The summed E-state index contributed by atoms with van der Waals surface area (Å²) in [7, 11) is 1.61. The largest absolute Gasteiger partial charge is 0.494 e. The number of methoxy groups -OCH3 is 1. The van der Waals surface area contributed by atoms with Gasteiger partial charge in [0, 0.05) is 43.3 Å². The van der Waals surface area contributed by atoms with E-state index < -0.39 is 0 Å². The SMILES string of the molecule is C=C1c2cccc(OC)c2N=C(N)N1/N=C(\C)CN1CC(n2cccn2)C1. The number of nitrogens with zero attached hydrogens (tertiary/aromatic N) is 6. The first kappa shape index (κ1) is 17.3. The van der Waals surface area contributed by atoms with Crippen LogP contribution in [0.25, 0.3) is 5.70 Å².